The number of likely N-dealkylation sites (tertiary alicyclic amines) is 1. The molecule has 1 N–H and O–H groups in total. The second kappa shape index (κ2) is 6.09. The molecule has 2 saturated heterocycles. The van der Waals surface area contributed by atoms with Crippen molar-refractivity contribution in [2.45, 2.75) is 30.9 Å². The maximum atomic E-state index is 13.0. The van der Waals surface area contributed by atoms with E-state index in [1.165, 1.54) is 33.5 Å². The van der Waals surface area contributed by atoms with Crippen LogP contribution in [0, 0.1) is 5.82 Å². The van der Waals surface area contributed by atoms with Crippen LogP contribution in [0.5, 0.6) is 0 Å². The zero-order valence-electron chi connectivity index (χ0n) is 13.5. The van der Waals surface area contributed by atoms with Gasteiger partial charge in [-0.3, -0.25) is 4.79 Å². The van der Waals surface area contributed by atoms with Gasteiger partial charge in [0.15, 0.2) is 0 Å². The monoisotopic (exact) mass is 356 g/mol. The number of benzene rings is 1. The molecule has 1 aromatic carbocycles. The van der Waals surface area contributed by atoms with Gasteiger partial charge in [0.05, 0.1) is 17.9 Å². The van der Waals surface area contributed by atoms with Crippen LogP contribution in [-0.4, -0.2) is 66.2 Å². The van der Waals surface area contributed by atoms with E-state index in [0.29, 0.717) is 37.9 Å². The van der Waals surface area contributed by atoms with Gasteiger partial charge in [-0.25, -0.2) is 12.8 Å². The lowest BCUT2D eigenvalue weighted by atomic mass is 9.83. The first-order chi connectivity index (χ1) is 11.2. The van der Waals surface area contributed by atoms with Crippen molar-refractivity contribution in [1.29, 1.82) is 0 Å². The molecule has 3 rings (SSSR count). The number of piperidine rings is 1. The molecular weight excluding hydrogens is 335 g/mol. The SMILES string of the molecule is CS(=O)(=O)N1CCC[C@@]12CCN(C(=O)c1ccc(F)cc1)C[C@@H]2O. The average Bonchev–Trinajstić information content (AvgIpc) is 2.95. The van der Waals surface area contributed by atoms with Gasteiger partial charge in [0.25, 0.3) is 5.91 Å². The smallest absolute Gasteiger partial charge is 0.253 e. The van der Waals surface area contributed by atoms with Crippen LogP contribution in [-0.2, 0) is 10.0 Å². The zero-order valence-corrected chi connectivity index (χ0v) is 14.3. The summed E-state index contributed by atoms with van der Waals surface area (Å²) in [5, 5.41) is 10.6. The summed E-state index contributed by atoms with van der Waals surface area (Å²) in [6.07, 6.45) is 1.92. The molecule has 0 unspecified atom stereocenters. The van der Waals surface area contributed by atoms with Gasteiger partial charge in [-0.2, -0.15) is 4.31 Å². The van der Waals surface area contributed by atoms with Gasteiger partial charge in [0.2, 0.25) is 10.0 Å². The highest BCUT2D eigenvalue weighted by Crippen LogP contribution is 2.40. The zero-order chi connectivity index (χ0) is 17.5. The lowest BCUT2D eigenvalue weighted by Crippen LogP contribution is -2.63. The van der Waals surface area contributed by atoms with Crippen LogP contribution < -0.4 is 0 Å². The number of carbonyl (C=O) groups is 1. The molecule has 0 aliphatic carbocycles. The van der Waals surface area contributed by atoms with Crippen LogP contribution >= 0.6 is 0 Å². The molecule has 8 heteroatoms. The van der Waals surface area contributed by atoms with Crippen LogP contribution in [0.3, 0.4) is 0 Å². The van der Waals surface area contributed by atoms with E-state index in [1.807, 2.05) is 0 Å². The molecule has 1 aromatic rings. The van der Waals surface area contributed by atoms with E-state index in [0.717, 1.165) is 6.26 Å². The molecular formula is C16H21FN2O4S. The van der Waals surface area contributed by atoms with Gasteiger partial charge < -0.3 is 10.0 Å². The standard InChI is InChI=1S/C16H21FN2O4S/c1-24(22,23)19-9-2-7-16(19)8-10-18(11-14(16)20)15(21)12-3-5-13(17)6-4-12/h3-6,14,20H,2,7-11H2,1H3/t14-,16-/m0/s1. The Morgan fingerprint density at radius 1 is 1.25 bits per heavy atom. The number of aliphatic hydroxyl groups excluding tert-OH is 1. The number of halogens is 1. The highest BCUT2D eigenvalue weighted by molar-refractivity contribution is 7.88. The largest absolute Gasteiger partial charge is 0.389 e. The Balaban J connectivity index is 1.78. The number of carbonyl (C=O) groups excluding carboxylic acids is 1. The molecule has 0 saturated carbocycles. The van der Waals surface area contributed by atoms with Crippen molar-refractivity contribution >= 4 is 15.9 Å². The fraction of sp³-hybridized carbons (Fsp3) is 0.562. The summed E-state index contributed by atoms with van der Waals surface area (Å²) in [6, 6.07) is 5.26. The second-order valence-corrected chi connectivity index (χ2v) is 8.47. The van der Waals surface area contributed by atoms with Crippen molar-refractivity contribution in [3.63, 3.8) is 0 Å². The van der Waals surface area contributed by atoms with E-state index in [1.54, 1.807) is 0 Å². The molecule has 2 aliphatic rings. The van der Waals surface area contributed by atoms with Crippen LogP contribution in [0.1, 0.15) is 29.6 Å². The fourth-order valence-electron chi connectivity index (χ4n) is 3.88. The number of hydrogen-bond acceptors (Lipinski definition) is 4. The van der Waals surface area contributed by atoms with Gasteiger partial charge in [0.1, 0.15) is 5.82 Å². The Bertz CT molecular complexity index is 737. The van der Waals surface area contributed by atoms with Crippen LogP contribution in [0.25, 0.3) is 0 Å². The first kappa shape index (κ1) is 17.3. The fourth-order valence-corrected chi connectivity index (χ4v) is 5.30. The van der Waals surface area contributed by atoms with Crippen molar-refractivity contribution in [1.82, 2.24) is 9.21 Å². The summed E-state index contributed by atoms with van der Waals surface area (Å²) < 4.78 is 38.4. The maximum Gasteiger partial charge on any atom is 0.253 e. The van der Waals surface area contributed by atoms with Crippen molar-refractivity contribution in [2.24, 2.45) is 0 Å². The minimum atomic E-state index is -3.41. The molecule has 0 aromatic heterocycles. The third-order valence-corrected chi connectivity index (χ3v) is 6.42. The Kier molecular flexibility index (Phi) is 4.39. The normalized spacial score (nSPS) is 28.5. The molecule has 2 aliphatic heterocycles. The number of amides is 1. The predicted molar refractivity (Wildman–Crippen MR) is 86.4 cm³/mol. The van der Waals surface area contributed by atoms with Gasteiger partial charge in [0, 0.05) is 25.2 Å². The molecule has 6 nitrogen and oxygen atoms in total. The number of rotatable bonds is 2. The number of sulfonamides is 1. The predicted octanol–water partition coefficient (Wildman–Crippen LogP) is 0.827. The summed E-state index contributed by atoms with van der Waals surface area (Å²) in [5.74, 6) is -0.702. The van der Waals surface area contributed by atoms with E-state index in [2.05, 4.69) is 0 Å². The molecule has 24 heavy (non-hydrogen) atoms. The highest BCUT2D eigenvalue weighted by atomic mass is 32.2. The first-order valence-electron chi connectivity index (χ1n) is 7.95. The van der Waals surface area contributed by atoms with Crippen LogP contribution in [0.2, 0.25) is 0 Å². The Hall–Kier alpha value is -1.51. The number of nitrogens with zero attached hydrogens (tertiary/aromatic N) is 2. The quantitative estimate of drug-likeness (QED) is 0.851. The topological polar surface area (TPSA) is 77.9 Å². The third kappa shape index (κ3) is 2.94. The molecule has 2 heterocycles. The number of hydrogen-bond donors (Lipinski definition) is 1. The highest BCUT2D eigenvalue weighted by Gasteiger charge is 2.53. The minimum absolute atomic E-state index is 0.0717. The Morgan fingerprint density at radius 3 is 2.50 bits per heavy atom. The summed E-state index contributed by atoms with van der Waals surface area (Å²) in [7, 11) is -3.41. The first-order valence-corrected chi connectivity index (χ1v) is 9.80. The van der Waals surface area contributed by atoms with Crippen molar-refractivity contribution < 1.29 is 22.7 Å². The molecule has 1 spiro atoms. The van der Waals surface area contributed by atoms with Crippen molar-refractivity contribution in [3.05, 3.63) is 35.6 Å². The van der Waals surface area contributed by atoms with Crippen molar-refractivity contribution in [2.75, 3.05) is 25.9 Å². The lowest BCUT2D eigenvalue weighted by Gasteiger charge is -2.47. The van der Waals surface area contributed by atoms with Gasteiger partial charge in [-0.15, -0.1) is 0 Å². The van der Waals surface area contributed by atoms with Crippen LogP contribution in [0.4, 0.5) is 4.39 Å². The number of β-amino-alcohol motifs (C(OH)–C–C–N with tert-alkyl or cyclic N) is 1. The van der Waals surface area contributed by atoms with E-state index in [4.69, 9.17) is 0 Å². The molecule has 2 fully saturated rings. The lowest BCUT2D eigenvalue weighted by molar-refractivity contribution is -0.0292. The average molecular weight is 356 g/mol. The van der Waals surface area contributed by atoms with Gasteiger partial charge in [-0.05, 0) is 43.5 Å². The molecule has 2 atom stereocenters. The van der Waals surface area contributed by atoms with Crippen molar-refractivity contribution in [3.8, 4) is 0 Å². The minimum Gasteiger partial charge on any atom is -0.389 e. The van der Waals surface area contributed by atoms with E-state index in [9.17, 15) is 22.7 Å². The Morgan fingerprint density at radius 2 is 1.92 bits per heavy atom. The van der Waals surface area contributed by atoms with Gasteiger partial charge in [-0.1, -0.05) is 0 Å². The summed E-state index contributed by atoms with van der Waals surface area (Å²) in [4.78, 5) is 14.0. The molecule has 1 amide bonds. The Labute approximate surface area is 140 Å². The second-order valence-electron chi connectivity index (χ2n) is 6.57. The summed E-state index contributed by atoms with van der Waals surface area (Å²) in [5.41, 5.74) is -0.460. The summed E-state index contributed by atoms with van der Waals surface area (Å²) in [6.45, 7) is 0.837. The third-order valence-electron chi connectivity index (χ3n) is 5.07. The van der Waals surface area contributed by atoms with E-state index < -0.39 is 27.5 Å². The number of aliphatic hydroxyl groups is 1. The van der Waals surface area contributed by atoms with Crippen LogP contribution in [0.15, 0.2) is 24.3 Å². The molecule has 0 bridgehead atoms. The van der Waals surface area contributed by atoms with E-state index >= 15 is 0 Å². The molecule has 0 radical (unpaired) electrons. The maximum absolute atomic E-state index is 13.0. The van der Waals surface area contributed by atoms with E-state index in [-0.39, 0.29) is 12.5 Å². The molecule has 132 valence electrons. The van der Waals surface area contributed by atoms with Gasteiger partial charge >= 0.3 is 0 Å². The summed E-state index contributed by atoms with van der Waals surface area (Å²) >= 11 is 0.